The van der Waals surface area contributed by atoms with Gasteiger partial charge in [-0.3, -0.25) is 0 Å². The molecule has 2 aliphatic carbocycles. The Hall–Kier alpha value is -1.35. The Morgan fingerprint density at radius 3 is 2.63 bits per heavy atom. The molecule has 2 saturated carbocycles. The van der Waals surface area contributed by atoms with E-state index in [0.717, 1.165) is 29.2 Å². The van der Waals surface area contributed by atoms with Crippen LogP contribution in [0, 0.1) is 5.92 Å². The number of benzene rings is 1. The molecule has 2 aliphatic rings. The third kappa shape index (κ3) is 2.27. The predicted molar refractivity (Wildman–Crippen MR) is 77.6 cm³/mol. The molecule has 98 valence electrons. The molecule has 0 N–H and O–H groups in total. The van der Waals surface area contributed by atoms with Gasteiger partial charge in [0.15, 0.2) is 0 Å². The minimum Gasteiger partial charge on any atom is -0.353 e. The van der Waals surface area contributed by atoms with Gasteiger partial charge in [-0.15, -0.1) is 0 Å². The molecule has 1 heterocycles. The lowest BCUT2D eigenvalue weighted by Gasteiger charge is -2.24. The van der Waals surface area contributed by atoms with Crippen molar-refractivity contribution in [1.29, 1.82) is 0 Å². The minimum atomic E-state index is 0.357. The molecule has 0 saturated heterocycles. The third-order valence-electron chi connectivity index (χ3n) is 3.97. The van der Waals surface area contributed by atoms with E-state index in [1.165, 1.54) is 25.7 Å². The van der Waals surface area contributed by atoms with Crippen LogP contribution in [0.25, 0.3) is 10.9 Å². The lowest BCUT2D eigenvalue weighted by Crippen LogP contribution is -2.29. The number of nitrogens with zero attached hydrogens (tertiary/aromatic N) is 3. The maximum Gasteiger partial charge on any atom is 0.224 e. The summed E-state index contributed by atoms with van der Waals surface area (Å²) in [5, 5.41) is 1.48. The van der Waals surface area contributed by atoms with Crippen LogP contribution in [-0.4, -0.2) is 22.6 Å². The maximum atomic E-state index is 6.10. The van der Waals surface area contributed by atoms with Crippen LogP contribution in [0.15, 0.2) is 24.3 Å². The number of anilines is 1. The largest absolute Gasteiger partial charge is 0.353 e. The van der Waals surface area contributed by atoms with E-state index in [1.54, 1.807) is 0 Å². The summed E-state index contributed by atoms with van der Waals surface area (Å²) in [6.07, 6.45) is 5.28. The molecule has 1 aromatic carbocycles. The van der Waals surface area contributed by atoms with E-state index >= 15 is 0 Å². The number of halogens is 1. The molecule has 2 fully saturated rings. The summed E-state index contributed by atoms with van der Waals surface area (Å²) in [4.78, 5) is 11.3. The molecule has 4 rings (SSSR count). The van der Waals surface area contributed by atoms with Gasteiger partial charge in [0.2, 0.25) is 5.28 Å². The lowest BCUT2D eigenvalue weighted by molar-refractivity contribution is 0.711. The molecule has 0 atom stereocenters. The van der Waals surface area contributed by atoms with Gasteiger partial charge in [-0.25, -0.2) is 4.98 Å². The zero-order valence-corrected chi connectivity index (χ0v) is 11.5. The SMILES string of the molecule is Clc1nc(N(CC2CC2)C2CC2)c2ccccc2n1. The van der Waals surface area contributed by atoms with E-state index in [9.17, 15) is 0 Å². The normalized spacial score (nSPS) is 18.8. The maximum absolute atomic E-state index is 6.10. The Bertz CT molecular complexity index is 620. The van der Waals surface area contributed by atoms with Crippen LogP contribution >= 0.6 is 11.6 Å². The van der Waals surface area contributed by atoms with Gasteiger partial charge in [-0.1, -0.05) is 12.1 Å². The van der Waals surface area contributed by atoms with E-state index in [4.69, 9.17) is 11.6 Å². The summed E-state index contributed by atoms with van der Waals surface area (Å²) in [6.45, 7) is 1.13. The molecule has 0 aliphatic heterocycles. The predicted octanol–water partition coefficient (Wildman–Crippen LogP) is 3.66. The first kappa shape index (κ1) is 11.5. The first-order chi connectivity index (χ1) is 9.31. The van der Waals surface area contributed by atoms with Crippen LogP contribution < -0.4 is 4.90 Å². The van der Waals surface area contributed by atoms with Crippen molar-refractivity contribution in [3.05, 3.63) is 29.5 Å². The van der Waals surface area contributed by atoms with Gasteiger partial charge < -0.3 is 4.90 Å². The number of fused-ring (bicyclic) bond motifs is 1. The van der Waals surface area contributed by atoms with Gasteiger partial charge in [-0.2, -0.15) is 4.98 Å². The Morgan fingerprint density at radius 2 is 1.89 bits per heavy atom. The van der Waals surface area contributed by atoms with Crippen LogP contribution in [-0.2, 0) is 0 Å². The summed E-state index contributed by atoms with van der Waals surface area (Å²) in [6, 6.07) is 8.82. The van der Waals surface area contributed by atoms with Crippen molar-refractivity contribution < 1.29 is 0 Å². The molecule has 1 aromatic heterocycles. The highest BCUT2D eigenvalue weighted by molar-refractivity contribution is 6.28. The lowest BCUT2D eigenvalue weighted by atomic mass is 10.2. The molecule has 0 unspecified atom stereocenters. The van der Waals surface area contributed by atoms with E-state index in [1.807, 2.05) is 18.2 Å². The van der Waals surface area contributed by atoms with E-state index in [-0.39, 0.29) is 0 Å². The molecule has 2 aromatic rings. The molecular formula is C15H16ClN3. The summed E-state index contributed by atoms with van der Waals surface area (Å²) in [5.74, 6) is 1.89. The monoisotopic (exact) mass is 273 g/mol. The van der Waals surface area contributed by atoms with Gasteiger partial charge in [0.05, 0.1) is 5.52 Å². The Morgan fingerprint density at radius 1 is 1.11 bits per heavy atom. The Balaban J connectivity index is 1.82. The molecule has 19 heavy (non-hydrogen) atoms. The van der Waals surface area contributed by atoms with Crippen molar-refractivity contribution >= 4 is 28.3 Å². The van der Waals surface area contributed by atoms with E-state index in [0.29, 0.717) is 11.3 Å². The van der Waals surface area contributed by atoms with Crippen molar-refractivity contribution in [3.63, 3.8) is 0 Å². The highest BCUT2D eigenvalue weighted by atomic mass is 35.5. The number of rotatable bonds is 4. The second kappa shape index (κ2) is 4.34. The average Bonchev–Trinajstić information content (AvgIpc) is 3.26. The highest BCUT2D eigenvalue weighted by Gasteiger charge is 2.35. The molecule has 0 spiro atoms. The van der Waals surface area contributed by atoms with Gasteiger partial charge in [0.25, 0.3) is 0 Å². The van der Waals surface area contributed by atoms with Crippen molar-refractivity contribution in [1.82, 2.24) is 9.97 Å². The molecule has 3 nitrogen and oxygen atoms in total. The first-order valence-electron chi connectivity index (χ1n) is 7.00. The highest BCUT2D eigenvalue weighted by Crippen LogP contribution is 2.39. The van der Waals surface area contributed by atoms with Gasteiger partial charge in [0, 0.05) is 18.0 Å². The first-order valence-corrected chi connectivity index (χ1v) is 7.38. The van der Waals surface area contributed by atoms with Crippen molar-refractivity contribution in [2.75, 3.05) is 11.4 Å². The minimum absolute atomic E-state index is 0.357. The Kier molecular flexibility index (Phi) is 2.62. The topological polar surface area (TPSA) is 29.0 Å². The fourth-order valence-electron chi connectivity index (χ4n) is 2.62. The third-order valence-corrected chi connectivity index (χ3v) is 4.14. The number of aromatic nitrogens is 2. The van der Waals surface area contributed by atoms with Gasteiger partial charge in [0.1, 0.15) is 5.82 Å². The van der Waals surface area contributed by atoms with Crippen LogP contribution in [0.2, 0.25) is 5.28 Å². The van der Waals surface area contributed by atoms with Crippen LogP contribution in [0.4, 0.5) is 5.82 Å². The molecular weight excluding hydrogens is 258 g/mol. The fraction of sp³-hybridized carbons (Fsp3) is 0.467. The number of para-hydroxylation sites is 1. The van der Waals surface area contributed by atoms with Crippen molar-refractivity contribution in [2.24, 2.45) is 5.92 Å². The summed E-state index contributed by atoms with van der Waals surface area (Å²) < 4.78 is 0. The van der Waals surface area contributed by atoms with Gasteiger partial charge >= 0.3 is 0 Å². The summed E-state index contributed by atoms with van der Waals surface area (Å²) in [7, 11) is 0. The van der Waals surface area contributed by atoms with E-state index < -0.39 is 0 Å². The van der Waals surface area contributed by atoms with Crippen molar-refractivity contribution in [2.45, 2.75) is 31.7 Å². The Labute approximate surface area is 117 Å². The average molecular weight is 274 g/mol. The fourth-order valence-corrected chi connectivity index (χ4v) is 2.80. The second-order valence-corrected chi connectivity index (χ2v) is 6.00. The molecule has 0 amide bonds. The molecule has 0 radical (unpaired) electrons. The standard InChI is InChI=1S/C15H16ClN3/c16-15-17-13-4-2-1-3-12(13)14(18-15)19(11-7-8-11)9-10-5-6-10/h1-4,10-11H,5-9H2. The molecule has 0 bridgehead atoms. The van der Waals surface area contributed by atoms with Crippen LogP contribution in [0.5, 0.6) is 0 Å². The van der Waals surface area contributed by atoms with Gasteiger partial charge in [-0.05, 0) is 55.3 Å². The quantitative estimate of drug-likeness (QED) is 0.796. The zero-order valence-electron chi connectivity index (χ0n) is 10.7. The smallest absolute Gasteiger partial charge is 0.224 e. The number of hydrogen-bond acceptors (Lipinski definition) is 3. The van der Waals surface area contributed by atoms with Crippen molar-refractivity contribution in [3.8, 4) is 0 Å². The zero-order chi connectivity index (χ0) is 12.8. The summed E-state index contributed by atoms with van der Waals surface area (Å²) >= 11 is 6.10. The molecule has 4 heteroatoms. The van der Waals surface area contributed by atoms with Crippen LogP contribution in [0.3, 0.4) is 0 Å². The number of hydrogen-bond donors (Lipinski definition) is 0. The van der Waals surface area contributed by atoms with Crippen LogP contribution in [0.1, 0.15) is 25.7 Å². The van der Waals surface area contributed by atoms with E-state index in [2.05, 4.69) is 20.9 Å². The second-order valence-electron chi connectivity index (χ2n) is 5.66. The summed E-state index contributed by atoms with van der Waals surface area (Å²) in [5.41, 5.74) is 0.943.